The van der Waals surface area contributed by atoms with Crippen LogP contribution in [0.4, 0.5) is 0 Å². The molecule has 32 heavy (non-hydrogen) atoms. The lowest BCUT2D eigenvalue weighted by Crippen LogP contribution is -2.25. The van der Waals surface area contributed by atoms with Gasteiger partial charge < -0.3 is 14.8 Å². The number of imidazole rings is 1. The Morgan fingerprint density at radius 3 is 2.31 bits per heavy atom. The van der Waals surface area contributed by atoms with Gasteiger partial charge in [0.2, 0.25) is 0 Å². The zero-order valence-corrected chi connectivity index (χ0v) is 18.6. The molecule has 0 radical (unpaired) electrons. The molecule has 6 heteroatoms. The molecule has 1 saturated carbocycles. The first-order valence-electron chi connectivity index (χ1n) is 11.2. The van der Waals surface area contributed by atoms with E-state index in [1.54, 1.807) is 0 Å². The standard InChI is InChI=1S/C26H26ClN3O2/c27-22-16-23-25(30-26(28-23)32-21-12-6-17(7-13-21)14-15-31)29-24(22)20-10-8-19(9-11-20)18-4-2-1-3-5-18/h1-5,8-11,16-17,21,31H,6-7,12-15H2,(H,28,29,30). The number of pyridine rings is 1. The highest BCUT2D eigenvalue weighted by molar-refractivity contribution is 6.33. The molecule has 0 atom stereocenters. The zero-order chi connectivity index (χ0) is 21.9. The van der Waals surface area contributed by atoms with E-state index in [9.17, 15) is 0 Å². The van der Waals surface area contributed by atoms with Gasteiger partial charge >= 0.3 is 0 Å². The van der Waals surface area contributed by atoms with Crippen molar-refractivity contribution in [1.29, 1.82) is 0 Å². The molecule has 0 aliphatic heterocycles. The number of H-pyrrole nitrogens is 1. The van der Waals surface area contributed by atoms with Crippen LogP contribution in [0.25, 0.3) is 33.5 Å². The van der Waals surface area contributed by atoms with Crippen molar-refractivity contribution >= 4 is 22.8 Å². The molecule has 0 spiro atoms. The molecule has 164 valence electrons. The molecular weight excluding hydrogens is 422 g/mol. The Hall–Kier alpha value is -2.89. The van der Waals surface area contributed by atoms with Crippen molar-refractivity contribution < 1.29 is 9.84 Å². The second kappa shape index (κ2) is 9.31. The highest BCUT2D eigenvalue weighted by Gasteiger charge is 2.23. The average Bonchev–Trinajstić information content (AvgIpc) is 3.21. The van der Waals surface area contributed by atoms with E-state index < -0.39 is 0 Å². The lowest BCUT2D eigenvalue weighted by molar-refractivity contribution is 0.112. The van der Waals surface area contributed by atoms with Crippen molar-refractivity contribution in [2.24, 2.45) is 5.92 Å². The predicted molar refractivity (Wildman–Crippen MR) is 128 cm³/mol. The Morgan fingerprint density at radius 1 is 0.906 bits per heavy atom. The number of aromatic amines is 1. The summed E-state index contributed by atoms with van der Waals surface area (Å²) in [6.45, 7) is 0.267. The number of nitrogens with zero attached hydrogens (tertiary/aromatic N) is 2. The van der Waals surface area contributed by atoms with Crippen LogP contribution >= 0.6 is 11.6 Å². The van der Waals surface area contributed by atoms with Crippen LogP contribution in [0.15, 0.2) is 60.7 Å². The van der Waals surface area contributed by atoms with Gasteiger partial charge in [-0.25, -0.2) is 4.98 Å². The van der Waals surface area contributed by atoms with E-state index in [2.05, 4.69) is 34.2 Å². The summed E-state index contributed by atoms with van der Waals surface area (Å²) in [7, 11) is 0. The van der Waals surface area contributed by atoms with E-state index in [0.717, 1.165) is 48.7 Å². The molecule has 1 fully saturated rings. The predicted octanol–water partition coefficient (Wildman–Crippen LogP) is 6.27. The number of benzene rings is 2. The average molecular weight is 448 g/mol. The molecule has 0 unspecified atom stereocenters. The van der Waals surface area contributed by atoms with Crippen LogP contribution in [0.5, 0.6) is 6.01 Å². The third kappa shape index (κ3) is 4.50. The van der Waals surface area contributed by atoms with Gasteiger partial charge in [0.15, 0.2) is 5.65 Å². The fourth-order valence-electron chi connectivity index (χ4n) is 4.48. The first kappa shape index (κ1) is 21.0. The summed E-state index contributed by atoms with van der Waals surface area (Å²) < 4.78 is 6.10. The molecule has 1 aliphatic rings. The van der Waals surface area contributed by atoms with Crippen molar-refractivity contribution in [1.82, 2.24) is 15.0 Å². The number of ether oxygens (including phenoxy) is 1. The highest BCUT2D eigenvalue weighted by Crippen LogP contribution is 2.32. The van der Waals surface area contributed by atoms with Gasteiger partial charge in [-0.1, -0.05) is 66.2 Å². The number of aromatic nitrogens is 3. The summed E-state index contributed by atoms with van der Waals surface area (Å²) in [5.41, 5.74) is 5.35. The van der Waals surface area contributed by atoms with Crippen LogP contribution in [-0.4, -0.2) is 32.8 Å². The second-order valence-electron chi connectivity index (χ2n) is 8.45. The summed E-state index contributed by atoms with van der Waals surface area (Å²) >= 11 is 6.57. The fourth-order valence-corrected chi connectivity index (χ4v) is 4.74. The maximum atomic E-state index is 9.13. The molecule has 5 rings (SSSR count). The molecule has 1 aliphatic carbocycles. The second-order valence-corrected chi connectivity index (χ2v) is 8.86. The zero-order valence-electron chi connectivity index (χ0n) is 17.8. The summed E-state index contributed by atoms with van der Waals surface area (Å²) in [6.07, 6.45) is 5.15. The molecule has 0 amide bonds. The summed E-state index contributed by atoms with van der Waals surface area (Å²) in [5.74, 6) is 0.604. The van der Waals surface area contributed by atoms with Crippen LogP contribution in [0, 0.1) is 5.92 Å². The summed E-state index contributed by atoms with van der Waals surface area (Å²) in [4.78, 5) is 12.5. The van der Waals surface area contributed by atoms with Crippen LogP contribution in [0.2, 0.25) is 5.02 Å². The smallest absolute Gasteiger partial charge is 0.296 e. The summed E-state index contributed by atoms with van der Waals surface area (Å²) in [5, 5.41) is 9.70. The van der Waals surface area contributed by atoms with E-state index >= 15 is 0 Å². The lowest BCUT2D eigenvalue weighted by atomic mass is 9.85. The van der Waals surface area contributed by atoms with E-state index in [1.165, 1.54) is 5.56 Å². The van der Waals surface area contributed by atoms with Crippen molar-refractivity contribution in [3.05, 3.63) is 65.7 Å². The van der Waals surface area contributed by atoms with Crippen LogP contribution in [0.1, 0.15) is 32.1 Å². The molecule has 0 bridgehead atoms. The minimum absolute atomic E-state index is 0.144. The molecule has 2 aromatic heterocycles. The summed E-state index contributed by atoms with van der Waals surface area (Å²) in [6, 6.07) is 20.9. The van der Waals surface area contributed by atoms with E-state index in [-0.39, 0.29) is 12.7 Å². The van der Waals surface area contributed by atoms with Gasteiger partial charge in [-0.15, -0.1) is 0 Å². The topological polar surface area (TPSA) is 71.0 Å². The van der Waals surface area contributed by atoms with E-state index in [0.29, 0.717) is 28.3 Å². The Balaban J connectivity index is 1.34. The highest BCUT2D eigenvalue weighted by atomic mass is 35.5. The number of fused-ring (bicyclic) bond motifs is 1. The molecule has 4 aromatic rings. The van der Waals surface area contributed by atoms with Gasteiger partial charge in [-0.3, -0.25) is 0 Å². The lowest BCUT2D eigenvalue weighted by Gasteiger charge is -2.27. The molecule has 2 N–H and O–H groups in total. The Kier molecular flexibility index (Phi) is 6.10. The molecule has 0 saturated heterocycles. The maximum Gasteiger partial charge on any atom is 0.296 e. The molecular formula is C26H26ClN3O2. The number of aliphatic hydroxyl groups is 1. The van der Waals surface area contributed by atoms with E-state index in [4.69, 9.17) is 26.4 Å². The van der Waals surface area contributed by atoms with Crippen molar-refractivity contribution in [2.45, 2.75) is 38.2 Å². The maximum absolute atomic E-state index is 9.13. The third-order valence-electron chi connectivity index (χ3n) is 6.28. The molecule has 2 aromatic carbocycles. The minimum Gasteiger partial charge on any atom is -0.461 e. The Bertz CT molecular complexity index is 1180. The number of hydrogen-bond acceptors (Lipinski definition) is 4. The van der Waals surface area contributed by atoms with Gasteiger partial charge in [0.05, 0.1) is 16.2 Å². The van der Waals surface area contributed by atoms with Gasteiger partial charge in [0, 0.05) is 12.2 Å². The Labute approximate surface area is 192 Å². The van der Waals surface area contributed by atoms with Crippen LogP contribution in [0.3, 0.4) is 0 Å². The monoisotopic (exact) mass is 447 g/mol. The van der Waals surface area contributed by atoms with Gasteiger partial charge in [0.25, 0.3) is 6.01 Å². The number of halogens is 1. The first-order valence-corrected chi connectivity index (χ1v) is 11.6. The van der Waals surface area contributed by atoms with Crippen molar-refractivity contribution in [3.63, 3.8) is 0 Å². The first-order chi connectivity index (χ1) is 15.7. The van der Waals surface area contributed by atoms with Crippen LogP contribution < -0.4 is 4.74 Å². The van der Waals surface area contributed by atoms with Crippen molar-refractivity contribution in [2.75, 3.05) is 6.61 Å². The van der Waals surface area contributed by atoms with Gasteiger partial charge in [-0.2, -0.15) is 4.98 Å². The number of rotatable bonds is 6. The number of hydrogen-bond donors (Lipinski definition) is 2. The normalized spacial score (nSPS) is 18.7. The minimum atomic E-state index is 0.144. The quantitative estimate of drug-likeness (QED) is 0.365. The van der Waals surface area contributed by atoms with Crippen LogP contribution in [-0.2, 0) is 0 Å². The van der Waals surface area contributed by atoms with Gasteiger partial charge in [0.1, 0.15) is 6.10 Å². The third-order valence-corrected chi connectivity index (χ3v) is 6.57. The number of aliphatic hydroxyl groups excluding tert-OH is 1. The largest absolute Gasteiger partial charge is 0.461 e. The molecule has 5 nitrogen and oxygen atoms in total. The Morgan fingerprint density at radius 2 is 1.59 bits per heavy atom. The van der Waals surface area contributed by atoms with E-state index in [1.807, 2.05) is 36.4 Å². The number of nitrogens with one attached hydrogen (secondary N) is 1. The molecule has 2 heterocycles. The SMILES string of the molecule is OCCC1CCC(Oc2nc3nc(-c4ccc(-c5ccccc5)cc4)c(Cl)cc3[nH]2)CC1. The van der Waals surface area contributed by atoms with Crippen molar-refractivity contribution in [3.8, 4) is 28.4 Å². The fraction of sp³-hybridized carbons (Fsp3) is 0.308. The van der Waals surface area contributed by atoms with Gasteiger partial charge in [-0.05, 0) is 55.2 Å².